The number of ether oxygens (including phenoxy) is 3. The fourth-order valence-electron chi connectivity index (χ4n) is 4.14. The Labute approximate surface area is 177 Å². The minimum absolute atomic E-state index is 0.0348. The number of fused-ring (bicyclic) bond motifs is 1. The number of esters is 2. The van der Waals surface area contributed by atoms with Crippen LogP contribution in [0.2, 0.25) is 0 Å². The lowest BCUT2D eigenvalue weighted by Gasteiger charge is -2.24. The smallest absolute Gasteiger partial charge is 0.338 e. The van der Waals surface area contributed by atoms with E-state index in [1.165, 1.54) is 0 Å². The number of benzene rings is 2. The topological polar surface area (TPSA) is 61.8 Å². The lowest BCUT2D eigenvalue weighted by atomic mass is 9.93. The molecule has 1 saturated heterocycles. The van der Waals surface area contributed by atoms with Crippen molar-refractivity contribution in [3.05, 3.63) is 60.2 Å². The van der Waals surface area contributed by atoms with Gasteiger partial charge in [-0.2, -0.15) is 0 Å². The zero-order chi connectivity index (χ0) is 19.7. The van der Waals surface area contributed by atoms with Gasteiger partial charge >= 0.3 is 11.9 Å². The molecule has 2 aliphatic rings. The molecule has 4 rings (SSSR count). The van der Waals surface area contributed by atoms with E-state index in [-0.39, 0.29) is 39.9 Å². The highest BCUT2D eigenvalue weighted by atomic mass is 127. The van der Waals surface area contributed by atoms with Gasteiger partial charge in [0.1, 0.15) is 12.2 Å². The molecular formula is C22H21IO5. The van der Waals surface area contributed by atoms with Crippen LogP contribution < -0.4 is 0 Å². The Balaban J connectivity index is 1.49. The van der Waals surface area contributed by atoms with E-state index in [1.54, 1.807) is 19.2 Å². The second-order valence-electron chi connectivity index (χ2n) is 7.20. The number of halogens is 1. The monoisotopic (exact) mass is 492 g/mol. The van der Waals surface area contributed by atoms with E-state index >= 15 is 0 Å². The van der Waals surface area contributed by atoms with E-state index in [0.29, 0.717) is 18.6 Å². The predicted molar refractivity (Wildman–Crippen MR) is 112 cm³/mol. The van der Waals surface area contributed by atoms with Gasteiger partial charge in [0.2, 0.25) is 0 Å². The van der Waals surface area contributed by atoms with Gasteiger partial charge in [0.25, 0.3) is 0 Å². The standard InChI is InChI=1S/C22H21IO5/c1-26-12-17-16-11-18(24)27-20(16)19(23)21(17)28-22(25)15-9-7-14(8-10-15)13-5-3-2-4-6-13/h2-10,16-17,19-21H,11-12H2,1H3/t16-,17-,19+,20+,21-/m1/s1. The molecule has 1 aliphatic carbocycles. The van der Waals surface area contributed by atoms with E-state index in [0.717, 1.165) is 11.1 Å². The second-order valence-corrected chi connectivity index (χ2v) is 8.64. The summed E-state index contributed by atoms with van der Waals surface area (Å²) >= 11 is 2.23. The molecule has 2 aromatic carbocycles. The largest absolute Gasteiger partial charge is 0.461 e. The summed E-state index contributed by atoms with van der Waals surface area (Å²) < 4.78 is 16.6. The Morgan fingerprint density at radius 3 is 2.46 bits per heavy atom. The van der Waals surface area contributed by atoms with Crippen LogP contribution in [0, 0.1) is 11.8 Å². The van der Waals surface area contributed by atoms with Gasteiger partial charge in [-0.15, -0.1) is 0 Å². The van der Waals surface area contributed by atoms with Gasteiger partial charge < -0.3 is 14.2 Å². The predicted octanol–water partition coefficient (Wildman–Crippen LogP) is 3.89. The summed E-state index contributed by atoms with van der Waals surface area (Å²) in [5.74, 6) is -0.554. The van der Waals surface area contributed by atoms with Gasteiger partial charge in [0, 0.05) is 18.9 Å². The quantitative estimate of drug-likeness (QED) is 0.360. The molecule has 0 bridgehead atoms. The van der Waals surface area contributed by atoms with Crippen molar-refractivity contribution in [3.63, 3.8) is 0 Å². The number of alkyl halides is 1. The summed E-state index contributed by atoms with van der Waals surface area (Å²) in [6, 6.07) is 17.4. The molecule has 1 heterocycles. The molecule has 5 atom stereocenters. The zero-order valence-corrected chi connectivity index (χ0v) is 17.6. The van der Waals surface area contributed by atoms with Crippen molar-refractivity contribution in [3.8, 4) is 11.1 Å². The van der Waals surface area contributed by atoms with Crippen LogP contribution in [0.5, 0.6) is 0 Å². The molecule has 5 nitrogen and oxygen atoms in total. The number of carbonyl (C=O) groups excluding carboxylic acids is 2. The Morgan fingerprint density at radius 2 is 1.79 bits per heavy atom. The zero-order valence-electron chi connectivity index (χ0n) is 15.4. The first kappa shape index (κ1) is 19.4. The summed E-state index contributed by atoms with van der Waals surface area (Å²) in [6.07, 6.45) is -0.200. The van der Waals surface area contributed by atoms with Gasteiger partial charge in [0.15, 0.2) is 0 Å². The molecule has 28 heavy (non-hydrogen) atoms. The molecule has 0 N–H and O–H groups in total. The molecular weight excluding hydrogens is 471 g/mol. The summed E-state index contributed by atoms with van der Waals surface area (Å²) in [7, 11) is 1.62. The molecule has 0 spiro atoms. The van der Waals surface area contributed by atoms with E-state index in [9.17, 15) is 9.59 Å². The summed E-state index contributed by atoms with van der Waals surface area (Å²) in [5, 5.41) is 0. The van der Waals surface area contributed by atoms with Crippen molar-refractivity contribution in [2.24, 2.45) is 11.8 Å². The fourth-order valence-corrected chi connectivity index (χ4v) is 5.50. The number of hydrogen-bond donors (Lipinski definition) is 0. The lowest BCUT2D eigenvalue weighted by molar-refractivity contribution is -0.141. The van der Waals surface area contributed by atoms with Crippen molar-refractivity contribution in [2.45, 2.75) is 22.6 Å². The van der Waals surface area contributed by atoms with Crippen molar-refractivity contribution in [1.29, 1.82) is 0 Å². The molecule has 1 saturated carbocycles. The highest BCUT2D eigenvalue weighted by molar-refractivity contribution is 14.1. The van der Waals surface area contributed by atoms with Gasteiger partial charge in [-0.25, -0.2) is 4.79 Å². The SMILES string of the molecule is COC[C@@H]1[C@H]2CC(=O)O[C@@H]2[C@H](I)[C@@H]1OC(=O)c1ccc(-c2ccccc2)cc1. The molecule has 0 radical (unpaired) electrons. The Bertz CT molecular complexity index is 851. The normalized spacial score (nSPS) is 28.6. The highest BCUT2D eigenvalue weighted by Crippen LogP contribution is 2.46. The highest BCUT2D eigenvalue weighted by Gasteiger charge is 2.57. The van der Waals surface area contributed by atoms with Crippen LogP contribution in [0.3, 0.4) is 0 Å². The first-order valence-corrected chi connectivity index (χ1v) is 10.5. The van der Waals surface area contributed by atoms with E-state index < -0.39 is 0 Å². The third kappa shape index (κ3) is 3.67. The number of carbonyl (C=O) groups is 2. The first-order valence-electron chi connectivity index (χ1n) is 9.27. The fraction of sp³-hybridized carbons (Fsp3) is 0.364. The van der Waals surface area contributed by atoms with Crippen molar-refractivity contribution in [2.75, 3.05) is 13.7 Å². The molecule has 6 heteroatoms. The molecule has 0 amide bonds. The number of rotatable bonds is 5. The maximum absolute atomic E-state index is 12.8. The van der Waals surface area contributed by atoms with Crippen molar-refractivity contribution >= 4 is 34.5 Å². The van der Waals surface area contributed by atoms with Crippen LogP contribution in [0.25, 0.3) is 11.1 Å². The Hall–Kier alpha value is -1.93. The van der Waals surface area contributed by atoms with Gasteiger partial charge in [-0.3, -0.25) is 4.79 Å². The molecule has 0 aromatic heterocycles. The number of hydrogen-bond acceptors (Lipinski definition) is 5. The lowest BCUT2D eigenvalue weighted by Crippen LogP contribution is -2.34. The maximum Gasteiger partial charge on any atom is 0.338 e. The average molecular weight is 492 g/mol. The molecule has 0 unspecified atom stereocenters. The average Bonchev–Trinajstić information content (AvgIpc) is 3.21. The van der Waals surface area contributed by atoms with E-state index in [1.807, 2.05) is 42.5 Å². The van der Waals surface area contributed by atoms with E-state index in [4.69, 9.17) is 14.2 Å². The van der Waals surface area contributed by atoms with Gasteiger partial charge in [0.05, 0.1) is 22.5 Å². The molecule has 2 aromatic rings. The minimum atomic E-state index is -0.362. The van der Waals surface area contributed by atoms with Crippen molar-refractivity contribution < 1.29 is 23.8 Å². The van der Waals surface area contributed by atoms with E-state index in [2.05, 4.69) is 22.6 Å². The Morgan fingerprint density at radius 1 is 1.11 bits per heavy atom. The van der Waals surface area contributed by atoms with Crippen LogP contribution in [0.15, 0.2) is 54.6 Å². The van der Waals surface area contributed by atoms with Gasteiger partial charge in [-0.1, -0.05) is 65.1 Å². The van der Waals surface area contributed by atoms with Crippen LogP contribution in [0.4, 0.5) is 0 Å². The third-order valence-corrected chi connectivity index (χ3v) is 6.94. The van der Waals surface area contributed by atoms with Crippen LogP contribution in [-0.2, 0) is 19.0 Å². The molecule has 1 aliphatic heterocycles. The second kappa shape index (κ2) is 8.21. The summed E-state index contributed by atoms with van der Waals surface area (Å²) in [4.78, 5) is 24.4. The Kier molecular flexibility index (Phi) is 5.68. The molecule has 146 valence electrons. The van der Waals surface area contributed by atoms with Gasteiger partial charge in [-0.05, 0) is 23.3 Å². The number of methoxy groups -OCH3 is 1. The minimum Gasteiger partial charge on any atom is -0.461 e. The third-order valence-electron chi connectivity index (χ3n) is 5.52. The molecule has 2 fully saturated rings. The van der Waals surface area contributed by atoms with Crippen LogP contribution >= 0.6 is 22.6 Å². The summed E-state index contributed by atoms with van der Waals surface area (Å²) in [5.41, 5.74) is 2.65. The first-order chi connectivity index (χ1) is 13.6. The van der Waals surface area contributed by atoms with Crippen molar-refractivity contribution in [1.82, 2.24) is 0 Å². The summed E-state index contributed by atoms with van der Waals surface area (Å²) in [6.45, 7) is 0.433. The van der Waals surface area contributed by atoms with Crippen LogP contribution in [0.1, 0.15) is 16.8 Å². The van der Waals surface area contributed by atoms with Crippen LogP contribution in [-0.4, -0.2) is 41.8 Å². The maximum atomic E-state index is 12.8.